The van der Waals surface area contributed by atoms with Crippen molar-refractivity contribution in [2.24, 2.45) is 0 Å². The van der Waals surface area contributed by atoms with E-state index in [2.05, 4.69) is 41.5 Å². The van der Waals surface area contributed by atoms with Crippen molar-refractivity contribution in [3.05, 3.63) is 0 Å². The molecule has 2 N–H and O–H groups in total. The highest BCUT2D eigenvalue weighted by molar-refractivity contribution is 4.51. The fourth-order valence-electron chi connectivity index (χ4n) is 4.84. The first kappa shape index (κ1) is 34.5. The molecule has 0 aromatic heterocycles. The van der Waals surface area contributed by atoms with Crippen LogP contribution in [0, 0.1) is 0 Å². The Morgan fingerprint density at radius 3 is 0.767 bits per heavy atom. The van der Waals surface area contributed by atoms with E-state index in [1.807, 2.05) is 0 Å². The largest absolute Gasteiger partial charge is 0.870 e. The Labute approximate surface area is 191 Å². The standard InChI is InChI=1S/C26H58N2.2H2O/c1-7-13-21-27(11-5,22-14-8-2)25-19-17-18-20-26-28(12-6,23-15-9-3)24-16-10-4;;/h7-26H2,1-6H3;2*1H2/q+2;;/p-2. The zero-order chi connectivity index (χ0) is 21.1. The van der Waals surface area contributed by atoms with Crippen LogP contribution in [0.25, 0.3) is 0 Å². The average molecular weight is 433 g/mol. The molecule has 186 valence electrons. The second kappa shape index (κ2) is 22.0. The van der Waals surface area contributed by atoms with E-state index in [-0.39, 0.29) is 11.0 Å². The highest BCUT2D eigenvalue weighted by atomic mass is 16.0. The monoisotopic (exact) mass is 432 g/mol. The Kier molecular flexibility index (Phi) is 25.3. The maximum Gasteiger partial charge on any atom is 0.0786 e. The molecule has 4 heteroatoms. The molecule has 0 heterocycles. The molecule has 0 spiro atoms. The van der Waals surface area contributed by atoms with Crippen LogP contribution in [0.1, 0.15) is 119 Å². The molecule has 0 aliphatic rings. The fourth-order valence-corrected chi connectivity index (χ4v) is 4.84. The first-order valence-electron chi connectivity index (χ1n) is 13.3. The lowest BCUT2D eigenvalue weighted by Crippen LogP contribution is -2.50. The summed E-state index contributed by atoms with van der Waals surface area (Å²) < 4.78 is 2.78. The SMILES string of the molecule is CCCC[N+](CC)(CCCC)CCCCCC[N+](CC)(CCCC)CCCC.[OH-].[OH-]. The Morgan fingerprint density at radius 2 is 0.567 bits per heavy atom. The molecule has 0 aliphatic carbocycles. The van der Waals surface area contributed by atoms with Crippen molar-refractivity contribution in [1.29, 1.82) is 0 Å². The van der Waals surface area contributed by atoms with Crippen LogP contribution >= 0.6 is 0 Å². The molecule has 0 rings (SSSR count). The van der Waals surface area contributed by atoms with Crippen LogP contribution in [0.15, 0.2) is 0 Å². The fraction of sp³-hybridized carbons (Fsp3) is 1.00. The number of unbranched alkanes of at least 4 members (excludes halogenated alkanes) is 7. The Balaban J connectivity index is -0.00000364. The van der Waals surface area contributed by atoms with Crippen LogP contribution in [-0.2, 0) is 0 Å². The van der Waals surface area contributed by atoms with Gasteiger partial charge >= 0.3 is 0 Å². The molecule has 0 amide bonds. The van der Waals surface area contributed by atoms with Gasteiger partial charge in [-0.05, 0) is 65.2 Å². The predicted octanol–water partition coefficient (Wildman–Crippen LogP) is 7.07. The Hall–Kier alpha value is -0.160. The number of hydrogen-bond donors (Lipinski definition) is 0. The van der Waals surface area contributed by atoms with E-state index in [1.54, 1.807) is 0 Å². The van der Waals surface area contributed by atoms with Crippen molar-refractivity contribution >= 4 is 0 Å². The quantitative estimate of drug-likeness (QED) is 0.144. The third-order valence-corrected chi connectivity index (χ3v) is 7.30. The smallest absolute Gasteiger partial charge is 0.0786 e. The van der Waals surface area contributed by atoms with Crippen molar-refractivity contribution in [2.45, 2.75) is 119 Å². The molecule has 0 fully saturated rings. The number of quaternary nitrogens is 2. The van der Waals surface area contributed by atoms with Crippen molar-refractivity contribution in [1.82, 2.24) is 0 Å². The van der Waals surface area contributed by atoms with Gasteiger partial charge in [-0.15, -0.1) is 0 Å². The van der Waals surface area contributed by atoms with E-state index >= 15 is 0 Å². The lowest BCUT2D eigenvalue weighted by molar-refractivity contribution is -0.927. The Morgan fingerprint density at radius 1 is 0.333 bits per heavy atom. The van der Waals surface area contributed by atoms with E-state index in [1.165, 1.54) is 138 Å². The van der Waals surface area contributed by atoms with Crippen LogP contribution in [0.3, 0.4) is 0 Å². The molecule has 0 aromatic carbocycles. The van der Waals surface area contributed by atoms with Gasteiger partial charge in [0.25, 0.3) is 0 Å². The lowest BCUT2D eigenvalue weighted by atomic mass is 10.1. The molecule has 0 aliphatic heterocycles. The van der Waals surface area contributed by atoms with Gasteiger partial charge in [0.05, 0.1) is 52.4 Å². The third kappa shape index (κ3) is 14.8. The summed E-state index contributed by atoms with van der Waals surface area (Å²) in [7, 11) is 0. The summed E-state index contributed by atoms with van der Waals surface area (Å²) in [4.78, 5) is 0. The molecular formula is C26H60N2O2. The Bertz CT molecular complexity index is 289. The molecule has 0 saturated carbocycles. The van der Waals surface area contributed by atoms with E-state index in [4.69, 9.17) is 0 Å². The lowest BCUT2D eigenvalue weighted by Gasteiger charge is -2.39. The predicted molar refractivity (Wildman–Crippen MR) is 133 cm³/mol. The van der Waals surface area contributed by atoms with E-state index in [0.717, 1.165) is 0 Å². The van der Waals surface area contributed by atoms with Gasteiger partial charge in [0.2, 0.25) is 0 Å². The van der Waals surface area contributed by atoms with Gasteiger partial charge in [-0.3, -0.25) is 0 Å². The average Bonchev–Trinajstić information content (AvgIpc) is 2.73. The molecule has 0 atom stereocenters. The number of hydrogen-bond acceptors (Lipinski definition) is 2. The first-order chi connectivity index (χ1) is 13.6. The maximum absolute atomic E-state index is 2.43. The van der Waals surface area contributed by atoms with Gasteiger partial charge in [0.15, 0.2) is 0 Å². The minimum absolute atomic E-state index is 0. The van der Waals surface area contributed by atoms with E-state index in [0.29, 0.717) is 0 Å². The molecular weight excluding hydrogens is 372 g/mol. The van der Waals surface area contributed by atoms with Gasteiger partial charge in [0, 0.05) is 0 Å². The van der Waals surface area contributed by atoms with Crippen LogP contribution in [-0.4, -0.2) is 72.3 Å². The summed E-state index contributed by atoms with van der Waals surface area (Å²) in [5.74, 6) is 0. The van der Waals surface area contributed by atoms with Gasteiger partial charge in [0.1, 0.15) is 0 Å². The first-order valence-corrected chi connectivity index (χ1v) is 13.3. The summed E-state index contributed by atoms with van der Waals surface area (Å²) >= 11 is 0. The molecule has 0 bridgehead atoms. The highest BCUT2D eigenvalue weighted by Gasteiger charge is 2.25. The second-order valence-electron chi connectivity index (χ2n) is 9.49. The van der Waals surface area contributed by atoms with Gasteiger partial charge in [-0.1, -0.05) is 53.4 Å². The van der Waals surface area contributed by atoms with Gasteiger partial charge in [-0.2, -0.15) is 0 Å². The zero-order valence-electron chi connectivity index (χ0n) is 21.9. The highest BCUT2D eigenvalue weighted by Crippen LogP contribution is 2.18. The summed E-state index contributed by atoms with van der Waals surface area (Å²) in [6, 6.07) is 0. The molecule has 0 radical (unpaired) electrons. The van der Waals surface area contributed by atoms with Crippen molar-refractivity contribution in [3.8, 4) is 0 Å². The second-order valence-corrected chi connectivity index (χ2v) is 9.49. The summed E-state index contributed by atoms with van der Waals surface area (Å²) in [5, 5.41) is 0. The normalized spacial score (nSPS) is 11.8. The minimum Gasteiger partial charge on any atom is -0.870 e. The summed E-state index contributed by atoms with van der Waals surface area (Å²) in [6.07, 6.45) is 16.8. The van der Waals surface area contributed by atoms with Crippen molar-refractivity contribution in [2.75, 3.05) is 52.4 Å². The molecule has 30 heavy (non-hydrogen) atoms. The third-order valence-electron chi connectivity index (χ3n) is 7.30. The topological polar surface area (TPSA) is 60.0 Å². The van der Waals surface area contributed by atoms with Crippen LogP contribution < -0.4 is 0 Å². The van der Waals surface area contributed by atoms with Crippen LogP contribution in [0.4, 0.5) is 0 Å². The molecule has 0 saturated heterocycles. The minimum atomic E-state index is 0. The van der Waals surface area contributed by atoms with Crippen molar-refractivity contribution < 1.29 is 19.9 Å². The van der Waals surface area contributed by atoms with Gasteiger partial charge < -0.3 is 19.9 Å². The number of rotatable bonds is 21. The van der Waals surface area contributed by atoms with Gasteiger partial charge in [-0.25, -0.2) is 0 Å². The summed E-state index contributed by atoms with van der Waals surface area (Å²) in [6.45, 7) is 25.4. The number of nitrogens with zero attached hydrogens (tertiary/aromatic N) is 2. The maximum atomic E-state index is 2.43. The zero-order valence-corrected chi connectivity index (χ0v) is 21.9. The van der Waals surface area contributed by atoms with Crippen LogP contribution in [0.5, 0.6) is 0 Å². The van der Waals surface area contributed by atoms with E-state index in [9.17, 15) is 0 Å². The van der Waals surface area contributed by atoms with Crippen LogP contribution in [0.2, 0.25) is 0 Å². The molecule has 4 nitrogen and oxygen atoms in total. The summed E-state index contributed by atoms with van der Waals surface area (Å²) in [5.41, 5.74) is 0. The molecule has 0 unspecified atom stereocenters. The molecule has 0 aromatic rings. The van der Waals surface area contributed by atoms with Crippen molar-refractivity contribution in [3.63, 3.8) is 0 Å². The van der Waals surface area contributed by atoms with E-state index < -0.39 is 0 Å².